The van der Waals surface area contributed by atoms with Crippen molar-refractivity contribution in [2.75, 3.05) is 0 Å². The van der Waals surface area contributed by atoms with Crippen molar-refractivity contribution in [2.45, 2.75) is 27.2 Å². The van der Waals surface area contributed by atoms with Gasteiger partial charge in [0.05, 0.1) is 5.69 Å². The third-order valence-electron chi connectivity index (χ3n) is 2.66. The Morgan fingerprint density at radius 3 is 2.75 bits per heavy atom. The normalized spacial score (nSPS) is 11.0. The van der Waals surface area contributed by atoms with Crippen LogP contribution >= 0.6 is 11.3 Å². The van der Waals surface area contributed by atoms with Gasteiger partial charge in [-0.2, -0.15) is 0 Å². The Labute approximate surface area is 101 Å². The number of nitrogens with zero attached hydrogens (tertiary/aromatic N) is 1. The molecule has 0 bridgehead atoms. The molecule has 0 atom stereocenters. The quantitative estimate of drug-likeness (QED) is 0.773. The number of aromatic nitrogens is 1. The second kappa shape index (κ2) is 4.79. The van der Waals surface area contributed by atoms with Crippen LogP contribution in [-0.4, -0.2) is 4.98 Å². The van der Waals surface area contributed by atoms with Crippen LogP contribution in [0.25, 0.3) is 11.3 Å². The summed E-state index contributed by atoms with van der Waals surface area (Å²) < 4.78 is 0. The highest BCUT2D eigenvalue weighted by molar-refractivity contribution is 7.07. The highest BCUT2D eigenvalue weighted by Gasteiger charge is 2.05. The minimum Gasteiger partial charge on any atom is -0.233 e. The maximum Gasteiger partial charge on any atom is 0.152 e. The zero-order valence-electron chi connectivity index (χ0n) is 9.95. The van der Waals surface area contributed by atoms with Gasteiger partial charge in [-0.05, 0) is 36.5 Å². The Morgan fingerprint density at radius 2 is 2.19 bits per heavy atom. The summed E-state index contributed by atoms with van der Waals surface area (Å²) in [6.45, 7) is 6.68. The molecule has 0 aliphatic rings. The molecule has 0 saturated heterocycles. The third-order valence-corrected chi connectivity index (χ3v) is 3.19. The number of aryl methyl sites for hydroxylation is 1. The van der Waals surface area contributed by atoms with Crippen molar-refractivity contribution in [3.8, 4) is 11.3 Å². The molecule has 1 aromatic carbocycles. The summed E-state index contributed by atoms with van der Waals surface area (Å²) in [4.78, 5) is 4.21. The topological polar surface area (TPSA) is 12.9 Å². The van der Waals surface area contributed by atoms with E-state index in [-0.39, 0.29) is 0 Å². The van der Waals surface area contributed by atoms with E-state index in [1.54, 1.807) is 0 Å². The first-order chi connectivity index (χ1) is 7.66. The standard InChI is InChI=1S/C14H16NS/c1-10(2)6-12-4-5-13(7-11(12)3)14-8-16-9-15-14/h4-5,7-8,10H,6H2,1-3H3. The molecule has 1 nitrogen and oxygen atoms in total. The molecule has 0 aliphatic carbocycles. The van der Waals surface area contributed by atoms with Crippen LogP contribution in [0.5, 0.6) is 0 Å². The van der Waals surface area contributed by atoms with Gasteiger partial charge < -0.3 is 0 Å². The van der Waals surface area contributed by atoms with Gasteiger partial charge in [0, 0.05) is 10.9 Å². The van der Waals surface area contributed by atoms with Crippen LogP contribution in [0, 0.1) is 18.4 Å². The first kappa shape index (κ1) is 11.3. The maximum absolute atomic E-state index is 4.21. The molecule has 2 heteroatoms. The molecule has 2 rings (SSSR count). The third kappa shape index (κ3) is 2.50. The largest absolute Gasteiger partial charge is 0.233 e. The molecule has 0 saturated carbocycles. The zero-order valence-corrected chi connectivity index (χ0v) is 10.8. The van der Waals surface area contributed by atoms with Crippen LogP contribution < -0.4 is 0 Å². The number of hydrogen-bond donors (Lipinski definition) is 0. The molecule has 0 N–H and O–H groups in total. The molecule has 0 unspecified atom stereocenters. The molecule has 0 aliphatic heterocycles. The van der Waals surface area contributed by atoms with Crippen molar-refractivity contribution >= 4 is 11.3 Å². The van der Waals surface area contributed by atoms with Crippen molar-refractivity contribution < 1.29 is 0 Å². The number of benzene rings is 1. The van der Waals surface area contributed by atoms with E-state index < -0.39 is 0 Å². The first-order valence-electron chi connectivity index (χ1n) is 5.58. The van der Waals surface area contributed by atoms with Crippen LogP contribution in [0.2, 0.25) is 0 Å². The Kier molecular flexibility index (Phi) is 3.39. The molecule has 16 heavy (non-hydrogen) atoms. The predicted molar refractivity (Wildman–Crippen MR) is 69.7 cm³/mol. The van der Waals surface area contributed by atoms with Gasteiger partial charge >= 0.3 is 0 Å². The first-order valence-corrected chi connectivity index (χ1v) is 6.46. The van der Waals surface area contributed by atoms with E-state index >= 15 is 0 Å². The lowest BCUT2D eigenvalue weighted by Gasteiger charge is -2.09. The molecule has 0 amide bonds. The van der Waals surface area contributed by atoms with Crippen LogP contribution in [-0.2, 0) is 6.42 Å². The molecule has 0 fully saturated rings. The lowest BCUT2D eigenvalue weighted by atomic mass is 9.96. The van der Waals surface area contributed by atoms with Gasteiger partial charge in [0.1, 0.15) is 0 Å². The lowest BCUT2D eigenvalue weighted by Crippen LogP contribution is -1.96. The Morgan fingerprint density at radius 1 is 1.38 bits per heavy atom. The highest BCUT2D eigenvalue weighted by atomic mass is 32.1. The van der Waals surface area contributed by atoms with Crippen LogP contribution in [0.4, 0.5) is 0 Å². The van der Waals surface area contributed by atoms with Gasteiger partial charge in [-0.3, -0.25) is 0 Å². The summed E-state index contributed by atoms with van der Waals surface area (Å²) in [5.41, 5.74) is 7.92. The zero-order chi connectivity index (χ0) is 11.5. The van der Waals surface area contributed by atoms with Crippen molar-refractivity contribution in [3.05, 3.63) is 40.2 Å². The van der Waals surface area contributed by atoms with E-state index in [0.717, 1.165) is 12.1 Å². The van der Waals surface area contributed by atoms with Crippen molar-refractivity contribution in [2.24, 2.45) is 5.92 Å². The molecular formula is C14H16NS. The van der Waals surface area contributed by atoms with Crippen LogP contribution in [0.1, 0.15) is 25.0 Å². The highest BCUT2D eigenvalue weighted by Crippen LogP contribution is 2.23. The summed E-state index contributed by atoms with van der Waals surface area (Å²) in [6.07, 6.45) is 1.15. The van der Waals surface area contributed by atoms with Crippen molar-refractivity contribution in [1.29, 1.82) is 0 Å². The van der Waals surface area contributed by atoms with E-state index in [1.807, 2.05) is 5.38 Å². The van der Waals surface area contributed by atoms with Gasteiger partial charge in [-0.25, -0.2) is 4.98 Å². The molecular weight excluding hydrogens is 214 g/mol. The predicted octanol–water partition coefficient (Wildman–Crippen LogP) is 4.12. The summed E-state index contributed by atoms with van der Waals surface area (Å²) in [5, 5.41) is 2.04. The number of hydrogen-bond acceptors (Lipinski definition) is 2. The minimum atomic E-state index is 0.706. The fourth-order valence-electron chi connectivity index (χ4n) is 1.84. The molecule has 1 heterocycles. The molecule has 1 aromatic heterocycles. The summed E-state index contributed by atoms with van der Waals surface area (Å²) >= 11 is 1.52. The molecule has 1 radical (unpaired) electrons. The van der Waals surface area contributed by atoms with E-state index in [1.165, 1.54) is 28.0 Å². The second-order valence-corrected chi connectivity index (χ2v) is 5.22. The van der Waals surface area contributed by atoms with E-state index in [2.05, 4.69) is 49.5 Å². The smallest absolute Gasteiger partial charge is 0.152 e. The van der Waals surface area contributed by atoms with E-state index in [0.29, 0.717) is 5.92 Å². The van der Waals surface area contributed by atoms with Crippen molar-refractivity contribution in [3.63, 3.8) is 0 Å². The number of rotatable bonds is 3. The SMILES string of the molecule is Cc1cc(-c2cs[c]n2)ccc1CC(C)C. The monoisotopic (exact) mass is 230 g/mol. The van der Waals surface area contributed by atoms with E-state index in [4.69, 9.17) is 0 Å². The Balaban J connectivity index is 2.29. The van der Waals surface area contributed by atoms with E-state index in [9.17, 15) is 0 Å². The van der Waals surface area contributed by atoms with Gasteiger partial charge in [-0.15, -0.1) is 11.3 Å². The van der Waals surface area contributed by atoms with Crippen LogP contribution in [0.15, 0.2) is 23.6 Å². The molecule has 0 spiro atoms. The maximum atomic E-state index is 4.21. The lowest BCUT2D eigenvalue weighted by molar-refractivity contribution is 0.645. The summed E-state index contributed by atoms with van der Waals surface area (Å²) in [6, 6.07) is 6.61. The van der Waals surface area contributed by atoms with Crippen molar-refractivity contribution in [1.82, 2.24) is 4.98 Å². The van der Waals surface area contributed by atoms with Gasteiger partial charge in [0.25, 0.3) is 0 Å². The average molecular weight is 230 g/mol. The average Bonchev–Trinajstić information content (AvgIpc) is 2.73. The summed E-state index contributed by atoms with van der Waals surface area (Å²) in [5.74, 6) is 0.706. The van der Waals surface area contributed by atoms with Gasteiger partial charge in [0.2, 0.25) is 0 Å². The fraction of sp³-hybridized carbons (Fsp3) is 0.357. The molecule has 2 aromatic rings. The number of thiazole rings is 1. The van der Waals surface area contributed by atoms with Gasteiger partial charge in [0.15, 0.2) is 5.51 Å². The Hall–Kier alpha value is -1.15. The fourth-order valence-corrected chi connectivity index (χ4v) is 2.34. The van der Waals surface area contributed by atoms with Gasteiger partial charge in [-0.1, -0.05) is 26.0 Å². The minimum absolute atomic E-state index is 0.706. The van der Waals surface area contributed by atoms with Crippen LogP contribution in [0.3, 0.4) is 0 Å². The Bertz CT molecular complexity index is 458. The second-order valence-electron chi connectivity index (χ2n) is 4.56. The molecule has 83 valence electrons. The summed E-state index contributed by atoms with van der Waals surface area (Å²) in [7, 11) is 0.